The number of likely N-dealkylation sites (tertiary alicyclic amines) is 1. The molecule has 94 valence electrons. The van der Waals surface area contributed by atoms with Crippen LogP contribution in [0.1, 0.15) is 39.0 Å². The SMILES string of the molecule is CCCNC(CN)CC(=O)N1CCCCC1. The predicted molar refractivity (Wildman–Crippen MR) is 66.2 cm³/mol. The molecule has 0 aromatic heterocycles. The van der Waals surface area contributed by atoms with Crippen molar-refractivity contribution >= 4 is 5.91 Å². The molecule has 1 saturated heterocycles. The number of carbonyl (C=O) groups excluding carboxylic acids is 1. The van der Waals surface area contributed by atoms with Crippen molar-refractivity contribution < 1.29 is 4.79 Å². The quantitative estimate of drug-likeness (QED) is 0.703. The Morgan fingerprint density at radius 3 is 2.62 bits per heavy atom. The third-order valence-electron chi connectivity index (χ3n) is 3.10. The van der Waals surface area contributed by atoms with Crippen LogP contribution in [-0.2, 0) is 4.79 Å². The van der Waals surface area contributed by atoms with Crippen LogP contribution in [-0.4, -0.2) is 43.0 Å². The molecular weight excluding hydrogens is 202 g/mol. The molecule has 1 aliphatic heterocycles. The topological polar surface area (TPSA) is 58.4 Å². The van der Waals surface area contributed by atoms with Gasteiger partial charge in [-0.3, -0.25) is 4.79 Å². The number of amides is 1. The smallest absolute Gasteiger partial charge is 0.224 e. The zero-order valence-electron chi connectivity index (χ0n) is 10.4. The third-order valence-corrected chi connectivity index (χ3v) is 3.10. The molecule has 0 aromatic carbocycles. The maximum absolute atomic E-state index is 12.0. The average Bonchev–Trinajstić information content (AvgIpc) is 2.35. The highest BCUT2D eigenvalue weighted by Crippen LogP contribution is 2.10. The molecule has 4 heteroatoms. The summed E-state index contributed by atoms with van der Waals surface area (Å²) in [5, 5.41) is 3.32. The molecule has 3 N–H and O–H groups in total. The molecule has 1 fully saturated rings. The van der Waals surface area contributed by atoms with Gasteiger partial charge in [-0.15, -0.1) is 0 Å². The number of rotatable bonds is 6. The minimum Gasteiger partial charge on any atom is -0.343 e. The van der Waals surface area contributed by atoms with Crippen LogP contribution in [0.25, 0.3) is 0 Å². The highest BCUT2D eigenvalue weighted by Gasteiger charge is 2.19. The first kappa shape index (κ1) is 13.5. The lowest BCUT2D eigenvalue weighted by Crippen LogP contribution is -2.43. The molecule has 1 unspecified atom stereocenters. The lowest BCUT2D eigenvalue weighted by atomic mass is 10.1. The van der Waals surface area contributed by atoms with Gasteiger partial charge in [0.25, 0.3) is 0 Å². The zero-order chi connectivity index (χ0) is 11.8. The summed E-state index contributed by atoms with van der Waals surface area (Å²) in [4.78, 5) is 13.9. The molecule has 0 spiro atoms. The van der Waals surface area contributed by atoms with Gasteiger partial charge < -0.3 is 16.0 Å². The van der Waals surface area contributed by atoms with Gasteiger partial charge in [-0.1, -0.05) is 6.92 Å². The van der Waals surface area contributed by atoms with Gasteiger partial charge in [0.05, 0.1) is 0 Å². The molecule has 0 aliphatic carbocycles. The first-order valence-corrected chi connectivity index (χ1v) is 6.49. The summed E-state index contributed by atoms with van der Waals surface area (Å²) in [6.45, 7) is 5.47. The molecule has 0 saturated carbocycles. The summed E-state index contributed by atoms with van der Waals surface area (Å²) in [5.74, 6) is 0.263. The average molecular weight is 227 g/mol. The van der Waals surface area contributed by atoms with Gasteiger partial charge >= 0.3 is 0 Å². The fourth-order valence-electron chi connectivity index (χ4n) is 2.07. The Bertz CT molecular complexity index is 202. The van der Waals surface area contributed by atoms with Crippen LogP contribution in [0.15, 0.2) is 0 Å². The number of carbonyl (C=O) groups is 1. The summed E-state index contributed by atoms with van der Waals surface area (Å²) in [5.41, 5.74) is 5.66. The molecule has 1 heterocycles. The minimum atomic E-state index is 0.148. The van der Waals surface area contributed by atoms with Crippen molar-refractivity contribution in [2.24, 2.45) is 5.73 Å². The van der Waals surface area contributed by atoms with Gasteiger partial charge in [0, 0.05) is 32.1 Å². The van der Waals surface area contributed by atoms with Gasteiger partial charge in [0.15, 0.2) is 0 Å². The number of nitrogens with one attached hydrogen (secondary N) is 1. The van der Waals surface area contributed by atoms with Crippen molar-refractivity contribution in [1.29, 1.82) is 0 Å². The van der Waals surface area contributed by atoms with E-state index in [0.717, 1.165) is 38.9 Å². The Kier molecular flexibility index (Phi) is 6.42. The Hall–Kier alpha value is -0.610. The van der Waals surface area contributed by atoms with Crippen LogP contribution in [0.2, 0.25) is 0 Å². The normalized spacial score (nSPS) is 18.5. The van der Waals surface area contributed by atoms with Gasteiger partial charge in [0.1, 0.15) is 0 Å². The lowest BCUT2D eigenvalue weighted by molar-refractivity contribution is -0.132. The van der Waals surface area contributed by atoms with Crippen molar-refractivity contribution in [2.75, 3.05) is 26.2 Å². The van der Waals surface area contributed by atoms with E-state index in [0.29, 0.717) is 13.0 Å². The van der Waals surface area contributed by atoms with E-state index in [-0.39, 0.29) is 11.9 Å². The molecule has 0 radical (unpaired) electrons. The molecule has 1 aliphatic rings. The highest BCUT2D eigenvalue weighted by molar-refractivity contribution is 5.76. The molecule has 0 aromatic rings. The largest absolute Gasteiger partial charge is 0.343 e. The Morgan fingerprint density at radius 2 is 2.06 bits per heavy atom. The zero-order valence-corrected chi connectivity index (χ0v) is 10.4. The summed E-state index contributed by atoms with van der Waals surface area (Å²) < 4.78 is 0. The van der Waals surface area contributed by atoms with Crippen molar-refractivity contribution in [2.45, 2.75) is 45.1 Å². The van der Waals surface area contributed by atoms with E-state index in [1.807, 2.05) is 4.90 Å². The van der Waals surface area contributed by atoms with E-state index in [2.05, 4.69) is 12.2 Å². The first-order chi connectivity index (χ1) is 7.77. The minimum absolute atomic E-state index is 0.148. The summed E-state index contributed by atoms with van der Waals surface area (Å²) in [7, 11) is 0. The van der Waals surface area contributed by atoms with Crippen LogP contribution in [0.3, 0.4) is 0 Å². The van der Waals surface area contributed by atoms with E-state index in [1.165, 1.54) is 6.42 Å². The van der Waals surface area contributed by atoms with Crippen molar-refractivity contribution in [3.63, 3.8) is 0 Å². The monoisotopic (exact) mass is 227 g/mol. The van der Waals surface area contributed by atoms with Crippen LogP contribution in [0, 0.1) is 0 Å². The van der Waals surface area contributed by atoms with Gasteiger partial charge in [-0.05, 0) is 32.2 Å². The maximum Gasteiger partial charge on any atom is 0.224 e. The Morgan fingerprint density at radius 1 is 1.38 bits per heavy atom. The van der Waals surface area contributed by atoms with E-state index >= 15 is 0 Å². The predicted octanol–water partition coefficient (Wildman–Crippen LogP) is 0.716. The summed E-state index contributed by atoms with van der Waals surface area (Å²) in [6.07, 6.45) is 5.20. The second-order valence-corrected chi connectivity index (χ2v) is 4.53. The van der Waals surface area contributed by atoms with E-state index < -0.39 is 0 Å². The fraction of sp³-hybridized carbons (Fsp3) is 0.917. The van der Waals surface area contributed by atoms with Crippen LogP contribution in [0.4, 0.5) is 0 Å². The molecule has 16 heavy (non-hydrogen) atoms. The van der Waals surface area contributed by atoms with Gasteiger partial charge in [-0.2, -0.15) is 0 Å². The first-order valence-electron chi connectivity index (χ1n) is 6.49. The highest BCUT2D eigenvalue weighted by atomic mass is 16.2. The number of hydrogen-bond acceptors (Lipinski definition) is 3. The third kappa shape index (κ3) is 4.49. The number of piperidine rings is 1. The Labute approximate surface area is 98.6 Å². The second kappa shape index (κ2) is 7.63. The van der Waals surface area contributed by atoms with E-state index in [1.54, 1.807) is 0 Å². The number of hydrogen-bond donors (Lipinski definition) is 2. The summed E-state index contributed by atoms with van der Waals surface area (Å²) in [6, 6.07) is 0.148. The molecule has 1 atom stereocenters. The molecule has 0 bridgehead atoms. The van der Waals surface area contributed by atoms with Crippen LogP contribution < -0.4 is 11.1 Å². The van der Waals surface area contributed by atoms with Crippen LogP contribution >= 0.6 is 0 Å². The van der Waals surface area contributed by atoms with Crippen molar-refractivity contribution in [3.8, 4) is 0 Å². The number of nitrogens with zero attached hydrogens (tertiary/aromatic N) is 1. The second-order valence-electron chi connectivity index (χ2n) is 4.53. The van der Waals surface area contributed by atoms with Crippen molar-refractivity contribution in [3.05, 3.63) is 0 Å². The standard InChI is InChI=1S/C12H25N3O/c1-2-6-14-11(10-13)9-12(16)15-7-4-3-5-8-15/h11,14H,2-10,13H2,1H3. The van der Waals surface area contributed by atoms with Crippen molar-refractivity contribution in [1.82, 2.24) is 10.2 Å². The van der Waals surface area contributed by atoms with E-state index in [9.17, 15) is 4.79 Å². The van der Waals surface area contributed by atoms with Crippen LogP contribution in [0.5, 0.6) is 0 Å². The van der Waals surface area contributed by atoms with Gasteiger partial charge in [0.2, 0.25) is 5.91 Å². The molecule has 1 amide bonds. The Balaban J connectivity index is 2.29. The van der Waals surface area contributed by atoms with E-state index in [4.69, 9.17) is 5.73 Å². The summed E-state index contributed by atoms with van der Waals surface area (Å²) >= 11 is 0. The fourth-order valence-corrected chi connectivity index (χ4v) is 2.07. The molecule has 4 nitrogen and oxygen atoms in total. The molecule has 1 rings (SSSR count). The number of nitrogens with two attached hydrogens (primary N) is 1. The molecular formula is C12H25N3O. The van der Waals surface area contributed by atoms with Gasteiger partial charge in [-0.25, -0.2) is 0 Å². The maximum atomic E-state index is 12.0. The lowest BCUT2D eigenvalue weighted by Gasteiger charge is -2.28.